The summed E-state index contributed by atoms with van der Waals surface area (Å²) in [6.45, 7) is 1.66. The van der Waals surface area contributed by atoms with Crippen LogP contribution in [0.4, 0.5) is 13.2 Å². The van der Waals surface area contributed by atoms with Gasteiger partial charge in [-0.15, -0.1) is 10.5 Å². The van der Waals surface area contributed by atoms with Crippen LogP contribution in [-0.4, -0.2) is 21.7 Å². The molecule has 0 radical (unpaired) electrons. The van der Waals surface area contributed by atoms with E-state index in [1.165, 1.54) is 4.57 Å². The van der Waals surface area contributed by atoms with E-state index >= 15 is 0 Å². The Morgan fingerprint density at radius 3 is 2.05 bits per heavy atom. The van der Waals surface area contributed by atoms with Gasteiger partial charge in [0.05, 0.1) is 21.3 Å². The highest BCUT2D eigenvalue weighted by Gasteiger charge is 2.32. The minimum Gasteiger partial charge on any atom is -0.283 e. The van der Waals surface area contributed by atoms with Crippen LogP contribution in [0.25, 0.3) is 5.69 Å². The summed E-state index contributed by atoms with van der Waals surface area (Å²) in [6, 6.07) is 1.63. The molecule has 0 saturated heterocycles. The molecule has 0 fully saturated rings. The lowest BCUT2D eigenvalue weighted by molar-refractivity contribution is -0.137. The summed E-state index contributed by atoms with van der Waals surface area (Å²) in [6.07, 6.45) is -2.71. The fourth-order valence-electron chi connectivity index (χ4n) is 1.91. The second-order valence-corrected chi connectivity index (χ2v) is 7.35. The summed E-state index contributed by atoms with van der Waals surface area (Å²) >= 11 is 18.3. The van der Waals surface area contributed by atoms with Crippen molar-refractivity contribution in [2.45, 2.75) is 18.1 Å². The van der Waals surface area contributed by atoms with Crippen molar-refractivity contribution in [1.82, 2.24) is 9.55 Å². The number of alkyl halides is 3. The Morgan fingerprint density at radius 1 is 1.18 bits per heavy atom. The van der Waals surface area contributed by atoms with Crippen molar-refractivity contribution in [3.63, 3.8) is 0 Å². The molecule has 1 heterocycles. The number of hydrogen-bond acceptors (Lipinski definition) is 1. The predicted molar refractivity (Wildman–Crippen MR) is 87.2 cm³/mol. The maximum Gasteiger partial charge on any atom is 0.416 e. The molecule has 0 saturated carbocycles. The first kappa shape index (κ1) is 17.7. The van der Waals surface area contributed by atoms with E-state index in [0.29, 0.717) is 10.9 Å². The van der Waals surface area contributed by atoms with Crippen LogP contribution >= 0.6 is 45.3 Å². The number of halogens is 6. The number of aryl methyl sites for hydroxylation is 1. The van der Waals surface area contributed by atoms with Gasteiger partial charge in [-0.3, -0.25) is 4.57 Å². The van der Waals surface area contributed by atoms with Gasteiger partial charge >= 0.3 is 6.18 Å². The monoisotopic (exact) mass is 388 g/mol. The van der Waals surface area contributed by atoms with E-state index in [1.54, 1.807) is 6.92 Å². The van der Waals surface area contributed by atoms with Gasteiger partial charge in [0.2, 0.25) is 0 Å². The number of nitrogens with zero attached hydrogens (tertiary/aromatic N) is 2. The molecular formula is C13H10Cl3F3N2S. The van der Waals surface area contributed by atoms with Crippen LogP contribution in [0.1, 0.15) is 11.4 Å². The average Bonchev–Trinajstić information content (AvgIpc) is 2.65. The molecule has 0 N–H and O–H groups in total. The van der Waals surface area contributed by atoms with Crippen molar-refractivity contribution in [3.05, 3.63) is 38.7 Å². The summed E-state index contributed by atoms with van der Waals surface area (Å²) in [5.41, 5.74) is -0.754. The molecule has 120 valence electrons. The van der Waals surface area contributed by atoms with Gasteiger partial charge in [-0.1, -0.05) is 40.7 Å². The van der Waals surface area contributed by atoms with E-state index in [4.69, 9.17) is 34.8 Å². The Balaban J connectivity index is 2.72. The Hall–Kier alpha value is -0.690. The lowest BCUT2D eigenvalue weighted by Crippen LogP contribution is -2.07. The summed E-state index contributed by atoms with van der Waals surface area (Å²) in [4.78, 5) is 4.28. The smallest absolute Gasteiger partial charge is 0.283 e. The first-order valence-electron chi connectivity index (χ1n) is 5.81. The van der Waals surface area contributed by atoms with Crippen LogP contribution in [0.5, 0.6) is 0 Å². The molecule has 22 heavy (non-hydrogen) atoms. The predicted octanol–water partition coefficient (Wildman–Crippen LogP) is 5.85. The molecule has 0 aliphatic heterocycles. The van der Waals surface area contributed by atoms with Crippen molar-refractivity contribution in [2.75, 3.05) is 6.26 Å². The normalized spacial score (nSPS) is 13.5. The molecule has 1 atom stereocenters. The molecule has 1 aromatic heterocycles. The molecule has 1 aromatic carbocycles. The summed E-state index contributed by atoms with van der Waals surface area (Å²) in [5, 5.41) is 0.468. The first-order valence-corrected chi connectivity index (χ1v) is 8.74. The van der Waals surface area contributed by atoms with Gasteiger partial charge in [0.15, 0.2) is 0 Å². The van der Waals surface area contributed by atoms with Gasteiger partial charge in [-0.2, -0.15) is 13.2 Å². The van der Waals surface area contributed by atoms with E-state index in [2.05, 4.69) is 10.9 Å². The van der Waals surface area contributed by atoms with E-state index in [9.17, 15) is 13.2 Å². The van der Waals surface area contributed by atoms with Gasteiger partial charge in [0.25, 0.3) is 0 Å². The molecule has 2 aromatic rings. The molecular weight excluding hydrogens is 380 g/mol. The second-order valence-electron chi connectivity index (χ2n) is 4.51. The average molecular weight is 390 g/mol. The molecule has 0 aliphatic rings. The Morgan fingerprint density at radius 2 is 1.68 bits per heavy atom. The largest absolute Gasteiger partial charge is 0.416 e. The van der Waals surface area contributed by atoms with Gasteiger partial charge in [-0.25, -0.2) is 4.98 Å². The highest BCUT2D eigenvalue weighted by atomic mass is 35.5. The van der Waals surface area contributed by atoms with E-state index in [1.807, 2.05) is 6.26 Å². The van der Waals surface area contributed by atoms with Crippen LogP contribution in [0.2, 0.25) is 15.2 Å². The third kappa shape index (κ3) is 3.15. The van der Waals surface area contributed by atoms with Crippen LogP contribution in [-0.2, 0) is 6.18 Å². The molecule has 0 spiro atoms. The van der Waals surface area contributed by atoms with E-state index < -0.39 is 22.2 Å². The van der Waals surface area contributed by atoms with Crippen molar-refractivity contribution in [1.29, 1.82) is 0 Å². The number of aromatic nitrogens is 2. The summed E-state index contributed by atoms with van der Waals surface area (Å²) in [5.74, 6) is 4.33. The zero-order valence-electron chi connectivity index (χ0n) is 11.4. The quantitative estimate of drug-likeness (QED) is 0.589. The molecule has 0 aliphatic carbocycles. The number of hydrogen-bond donors (Lipinski definition) is 0. The van der Waals surface area contributed by atoms with Crippen molar-refractivity contribution in [3.8, 4) is 5.69 Å². The maximum absolute atomic E-state index is 12.8. The minimum atomic E-state index is -4.53. The number of rotatable bonds is 2. The van der Waals surface area contributed by atoms with Crippen molar-refractivity contribution < 1.29 is 13.2 Å². The Bertz CT molecular complexity index is 746. The van der Waals surface area contributed by atoms with E-state index in [-0.39, 0.29) is 20.9 Å². The number of imidazole rings is 1. The van der Waals surface area contributed by atoms with Crippen LogP contribution in [0, 0.1) is 6.92 Å². The standard InChI is InChI=1S/C13H10Cl3F3N2S/c1-6-20-12(22(2)3)11(16)21(6)10-8(14)4-7(5-9(10)15)13(17,18)19/h4-5H,2H2,1,3H3. The highest BCUT2D eigenvalue weighted by molar-refractivity contribution is 8.13. The summed E-state index contributed by atoms with van der Waals surface area (Å²) < 4.78 is 39.8. The minimum absolute atomic E-state index is 0.158. The van der Waals surface area contributed by atoms with Crippen LogP contribution in [0.15, 0.2) is 17.2 Å². The zero-order chi connectivity index (χ0) is 16.8. The summed E-state index contributed by atoms with van der Waals surface area (Å²) in [7, 11) is -0.465. The van der Waals surface area contributed by atoms with Gasteiger partial charge in [0, 0.05) is 0 Å². The molecule has 1 unspecified atom stereocenters. The second kappa shape index (κ2) is 6.07. The van der Waals surface area contributed by atoms with Gasteiger partial charge < -0.3 is 0 Å². The van der Waals surface area contributed by atoms with Gasteiger partial charge in [0.1, 0.15) is 16.0 Å². The SMILES string of the molecule is C=S(C)c1nc(C)n(-c2c(Cl)cc(C(F)(F)F)cc2Cl)c1Cl. The lowest BCUT2D eigenvalue weighted by atomic mass is 10.2. The first-order chi connectivity index (χ1) is 10.0. The lowest BCUT2D eigenvalue weighted by Gasteiger charge is -2.14. The topological polar surface area (TPSA) is 17.8 Å². The molecule has 9 heteroatoms. The van der Waals surface area contributed by atoms with Gasteiger partial charge in [-0.05, 0) is 25.3 Å². The highest BCUT2D eigenvalue weighted by Crippen LogP contribution is 2.40. The van der Waals surface area contributed by atoms with Crippen molar-refractivity contribution in [2.24, 2.45) is 0 Å². The third-order valence-electron chi connectivity index (χ3n) is 2.86. The Kier molecular flexibility index (Phi) is 4.88. The fourth-order valence-corrected chi connectivity index (χ4v) is 3.87. The zero-order valence-corrected chi connectivity index (χ0v) is 14.5. The molecule has 2 rings (SSSR count). The molecule has 0 bridgehead atoms. The number of benzene rings is 1. The van der Waals surface area contributed by atoms with E-state index in [0.717, 1.165) is 12.1 Å². The van der Waals surface area contributed by atoms with Crippen molar-refractivity contribution >= 4 is 51.2 Å². The van der Waals surface area contributed by atoms with Crippen LogP contribution < -0.4 is 0 Å². The fraction of sp³-hybridized carbons (Fsp3) is 0.231. The van der Waals surface area contributed by atoms with Crippen LogP contribution in [0.3, 0.4) is 0 Å². The third-order valence-corrected chi connectivity index (χ3v) is 4.84. The Labute approximate surface area is 142 Å². The molecule has 2 nitrogen and oxygen atoms in total. The maximum atomic E-state index is 12.8. The molecule has 0 amide bonds.